The van der Waals surface area contributed by atoms with Gasteiger partial charge in [0, 0.05) is 31.6 Å². The van der Waals surface area contributed by atoms with Gasteiger partial charge in [0.15, 0.2) is 5.54 Å². The minimum Gasteiger partial charge on any atom is -0.494 e. The van der Waals surface area contributed by atoms with Crippen LogP contribution in [0.25, 0.3) is 0 Å². The summed E-state index contributed by atoms with van der Waals surface area (Å²) >= 11 is 0. The van der Waals surface area contributed by atoms with Crippen LogP contribution in [0.4, 0.5) is 0 Å². The third-order valence-electron chi connectivity index (χ3n) is 5.85. The van der Waals surface area contributed by atoms with Crippen molar-refractivity contribution in [3.05, 3.63) is 65.7 Å². The van der Waals surface area contributed by atoms with Gasteiger partial charge in [0.25, 0.3) is 5.91 Å². The van der Waals surface area contributed by atoms with Crippen LogP contribution < -0.4 is 15.6 Å². The highest BCUT2D eigenvalue weighted by molar-refractivity contribution is 6.00. The highest BCUT2D eigenvalue weighted by Crippen LogP contribution is 2.32. The molecule has 2 aromatic rings. The van der Waals surface area contributed by atoms with Crippen molar-refractivity contribution in [2.24, 2.45) is 10.4 Å². The molecular weight excluding hydrogens is 430 g/mol. The molecule has 184 valence electrons. The number of aliphatic imine (C=N–C) groups is 1. The maximum Gasteiger partial charge on any atom is 0.266 e. The number of nitrogens with zero attached hydrogens (tertiary/aromatic N) is 1. The summed E-state index contributed by atoms with van der Waals surface area (Å²) in [6, 6.07) is 17.3. The third kappa shape index (κ3) is 6.81. The first-order valence-corrected chi connectivity index (χ1v) is 11.9. The van der Waals surface area contributed by atoms with Crippen LogP contribution in [0.15, 0.2) is 59.6 Å². The van der Waals surface area contributed by atoms with E-state index in [9.17, 15) is 4.79 Å². The molecule has 2 atom stereocenters. The van der Waals surface area contributed by atoms with E-state index in [1.807, 2.05) is 61.5 Å². The maximum atomic E-state index is 13.5. The number of hydrogen-bond donors (Lipinski definition) is 3. The number of hydrazine groups is 1. The molecule has 0 aliphatic carbocycles. The largest absolute Gasteiger partial charge is 0.494 e. The Bertz CT molecular complexity index is 954. The standard InChI is InChI=1S/C27H37N3O4/c1-20-27(19-21-9-6-5-7-10-21,25(32)30-28-16-15-26(2,3)4)29-24(34-20)22-11-13-23(14-12-22)33-18-8-17-31/h5-7,9-14,20,28,31H,8,15-19H2,1-4H3,(H,30,32)/t20-,27-/m0/s1. The molecule has 34 heavy (non-hydrogen) atoms. The van der Waals surface area contributed by atoms with E-state index in [1.165, 1.54) is 0 Å². The van der Waals surface area contributed by atoms with Gasteiger partial charge in [-0.25, -0.2) is 10.4 Å². The Kier molecular flexibility index (Phi) is 8.69. The molecule has 7 heteroatoms. The smallest absolute Gasteiger partial charge is 0.266 e. The summed E-state index contributed by atoms with van der Waals surface area (Å²) in [5.41, 5.74) is 6.83. The number of hydrogen-bond acceptors (Lipinski definition) is 6. The van der Waals surface area contributed by atoms with Gasteiger partial charge in [-0.2, -0.15) is 0 Å². The summed E-state index contributed by atoms with van der Waals surface area (Å²) in [7, 11) is 0. The molecule has 2 aromatic carbocycles. The Morgan fingerprint density at radius 3 is 2.50 bits per heavy atom. The Hall–Kier alpha value is -2.90. The van der Waals surface area contributed by atoms with Crippen molar-refractivity contribution in [3.63, 3.8) is 0 Å². The van der Waals surface area contributed by atoms with Crippen LogP contribution in [-0.4, -0.2) is 48.3 Å². The molecule has 7 nitrogen and oxygen atoms in total. The first-order chi connectivity index (χ1) is 16.2. The molecule has 1 aliphatic heterocycles. The minimum atomic E-state index is -1.10. The number of ether oxygens (including phenoxy) is 2. The first kappa shape index (κ1) is 25.7. The van der Waals surface area contributed by atoms with Crippen LogP contribution in [0.5, 0.6) is 5.75 Å². The number of carbonyl (C=O) groups is 1. The molecule has 1 heterocycles. The first-order valence-electron chi connectivity index (χ1n) is 11.9. The van der Waals surface area contributed by atoms with Crippen LogP contribution in [0.3, 0.4) is 0 Å². The van der Waals surface area contributed by atoms with E-state index >= 15 is 0 Å². The molecule has 3 rings (SSSR count). The maximum absolute atomic E-state index is 13.5. The van der Waals surface area contributed by atoms with Crippen LogP contribution in [0.2, 0.25) is 0 Å². The van der Waals surface area contributed by atoms with Gasteiger partial charge in [-0.15, -0.1) is 0 Å². The summed E-state index contributed by atoms with van der Waals surface area (Å²) in [5.74, 6) is 0.937. The van der Waals surface area contributed by atoms with Gasteiger partial charge in [0.1, 0.15) is 11.9 Å². The lowest BCUT2D eigenvalue weighted by atomic mass is 9.86. The van der Waals surface area contributed by atoms with E-state index < -0.39 is 11.6 Å². The zero-order valence-corrected chi connectivity index (χ0v) is 20.6. The lowest BCUT2D eigenvalue weighted by molar-refractivity contribution is -0.129. The zero-order chi connectivity index (χ0) is 24.6. The van der Waals surface area contributed by atoms with Gasteiger partial charge in [-0.1, -0.05) is 51.1 Å². The van der Waals surface area contributed by atoms with Crippen LogP contribution >= 0.6 is 0 Å². The highest BCUT2D eigenvalue weighted by atomic mass is 16.5. The number of rotatable bonds is 11. The number of nitrogens with one attached hydrogen (secondary N) is 2. The average Bonchev–Trinajstić information content (AvgIpc) is 3.14. The molecule has 0 saturated carbocycles. The van der Waals surface area contributed by atoms with Crippen LogP contribution in [0, 0.1) is 5.41 Å². The summed E-state index contributed by atoms with van der Waals surface area (Å²) < 4.78 is 11.8. The van der Waals surface area contributed by atoms with Crippen LogP contribution in [0.1, 0.15) is 51.7 Å². The molecule has 3 N–H and O–H groups in total. The molecule has 1 aliphatic rings. The van der Waals surface area contributed by atoms with Gasteiger partial charge >= 0.3 is 0 Å². The summed E-state index contributed by atoms with van der Waals surface area (Å²) in [5, 5.41) is 8.91. The summed E-state index contributed by atoms with van der Waals surface area (Å²) in [6.45, 7) is 9.60. The number of aliphatic hydroxyl groups is 1. The molecule has 0 fully saturated rings. The van der Waals surface area contributed by atoms with Gasteiger partial charge in [0.05, 0.1) is 6.61 Å². The average molecular weight is 468 g/mol. The predicted octanol–water partition coefficient (Wildman–Crippen LogP) is 3.65. The van der Waals surface area contributed by atoms with E-state index in [0.717, 1.165) is 17.5 Å². The van der Waals surface area contributed by atoms with E-state index in [0.29, 0.717) is 37.6 Å². The number of amides is 1. The fourth-order valence-corrected chi connectivity index (χ4v) is 3.74. The molecular formula is C27H37N3O4. The van der Waals surface area contributed by atoms with Crippen molar-refractivity contribution in [1.29, 1.82) is 0 Å². The van der Waals surface area contributed by atoms with Crippen molar-refractivity contribution in [3.8, 4) is 5.75 Å². The normalized spacial score (nSPS) is 19.9. The quantitative estimate of drug-likeness (QED) is 0.347. The number of aliphatic hydroxyl groups excluding tert-OH is 1. The fraction of sp³-hybridized carbons (Fsp3) is 0.481. The SMILES string of the molecule is C[C@@H]1OC(c2ccc(OCCCO)cc2)=N[C@]1(Cc1ccccc1)C(=O)NNCCC(C)(C)C. The minimum absolute atomic E-state index is 0.0945. The van der Waals surface area contributed by atoms with Gasteiger partial charge < -0.3 is 14.6 Å². The van der Waals surface area contributed by atoms with Crippen molar-refractivity contribution < 1.29 is 19.4 Å². The molecule has 0 saturated heterocycles. The predicted molar refractivity (Wildman–Crippen MR) is 134 cm³/mol. The summed E-state index contributed by atoms with van der Waals surface area (Å²) in [4.78, 5) is 18.4. The third-order valence-corrected chi connectivity index (χ3v) is 5.85. The molecule has 0 aromatic heterocycles. The Morgan fingerprint density at radius 2 is 1.85 bits per heavy atom. The fourth-order valence-electron chi connectivity index (χ4n) is 3.74. The van der Waals surface area contributed by atoms with Crippen molar-refractivity contribution in [2.75, 3.05) is 19.8 Å². The van der Waals surface area contributed by atoms with E-state index in [-0.39, 0.29) is 17.9 Å². The topological polar surface area (TPSA) is 92.2 Å². The molecule has 0 spiro atoms. The summed E-state index contributed by atoms with van der Waals surface area (Å²) in [6.07, 6.45) is 1.48. The van der Waals surface area contributed by atoms with Gasteiger partial charge in [0.2, 0.25) is 5.90 Å². The highest BCUT2D eigenvalue weighted by Gasteiger charge is 2.50. The lowest BCUT2D eigenvalue weighted by Gasteiger charge is -2.28. The zero-order valence-electron chi connectivity index (χ0n) is 20.6. The van der Waals surface area contributed by atoms with E-state index in [2.05, 4.69) is 31.6 Å². The lowest BCUT2D eigenvalue weighted by Crippen LogP contribution is -2.56. The molecule has 0 bridgehead atoms. The van der Waals surface area contributed by atoms with Gasteiger partial charge in [-0.05, 0) is 48.6 Å². The Labute approximate surface area is 202 Å². The second-order valence-electron chi connectivity index (χ2n) is 9.91. The van der Waals surface area contributed by atoms with E-state index in [4.69, 9.17) is 19.6 Å². The van der Waals surface area contributed by atoms with Crippen molar-refractivity contribution in [2.45, 2.75) is 58.6 Å². The monoisotopic (exact) mass is 467 g/mol. The van der Waals surface area contributed by atoms with Gasteiger partial charge in [-0.3, -0.25) is 10.2 Å². The Balaban J connectivity index is 1.80. The molecule has 0 unspecified atom stereocenters. The Morgan fingerprint density at radius 1 is 1.15 bits per heavy atom. The second kappa shape index (κ2) is 11.5. The van der Waals surface area contributed by atoms with Crippen LogP contribution in [-0.2, 0) is 16.0 Å². The van der Waals surface area contributed by atoms with Crippen molar-refractivity contribution in [1.82, 2.24) is 10.9 Å². The number of benzene rings is 2. The van der Waals surface area contributed by atoms with E-state index in [1.54, 1.807) is 0 Å². The molecule has 1 amide bonds. The number of carbonyl (C=O) groups excluding carboxylic acids is 1. The molecule has 0 radical (unpaired) electrons. The second-order valence-corrected chi connectivity index (χ2v) is 9.91. The van der Waals surface area contributed by atoms with Crippen molar-refractivity contribution >= 4 is 11.8 Å².